The minimum absolute atomic E-state index is 0.0446. The van der Waals surface area contributed by atoms with Gasteiger partial charge in [-0.15, -0.1) is 11.3 Å². The molecule has 1 aliphatic heterocycles. The quantitative estimate of drug-likeness (QED) is 0.674. The average molecular weight is 397 g/mol. The van der Waals surface area contributed by atoms with E-state index in [4.69, 9.17) is 0 Å². The van der Waals surface area contributed by atoms with Crippen molar-refractivity contribution >= 4 is 22.9 Å². The van der Waals surface area contributed by atoms with Crippen LogP contribution in [0.4, 0.5) is 19.0 Å². The van der Waals surface area contributed by atoms with Gasteiger partial charge in [0.2, 0.25) is 0 Å². The van der Waals surface area contributed by atoms with Gasteiger partial charge in [0, 0.05) is 44.2 Å². The number of rotatable bonds is 4. The summed E-state index contributed by atoms with van der Waals surface area (Å²) in [5.74, 6) is 0.322. The highest BCUT2D eigenvalue weighted by Gasteiger charge is 2.35. The van der Waals surface area contributed by atoms with Gasteiger partial charge in [0.25, 0.3) is 5.78 Å². The number of aromatic nitrogens is 5. The third-order valence-corrected chi connectivity index (χ3v) is 5.55. The summed E-state index contributed by atoms with van der Waals surface area (Å²) in [5, 5.41) is 7.22. The minimum atomic E-state index is -4.52. The topological polar surface area (TPSA) is 62.5 Å². The first-order chi connectivity index (χ1) is 12.9. The van der Waals surface area contributed by atoms with Crippen molar-refractivity contribution in [3.63, 3.8) is 0 Å². The van der Waals surface area contributed by atoms with Crippen LogP contribution in [0.3, 0.4) is 0 Å². The second-order valence-corrected chi connectivity index (χ2v) is 7.26. The number of halogens is 3. The number of anilines is 1. The second-order valence-electron chi connectivity index (χ2n) is 6.32. The molecule has 11 heteroatoms. The van der Waals surface area contributed by atoms with Crippen LogP contribution >= 0.6 is 11.3 Å². The van der Waals surface area contributed by atoms with Crippen LogP contribution in [0, 0.1) is 0 Å². The number of hydrogen-bond acceptors (Lipinski definition) is 7. The van der Waals surface area contributed by atoms with E-state index in [0.717, 1.165) is 42.8 Å². The number of nitrogens with zero attached hydrogens (tertiary/aromatic N) is 7. The first-order valence-electron chi connectivity index (χ1n) is 8.62. The SMILES string of the molecule is CCc1nc(CN2CCN(c3cc(C(F)(F)F)nc4ncnn34)CC2)cs1. The Morgan fingerprint density at radius 1 is 1.15 bits per heavy atom. The van der Waals surface area contributed by atoms with E-state index in [9.17, 15) is 13.2 Å². The van der Waals surface area contributed by atoms with Crippen LogP contribution in [-0.2, 0) is 19.1 Å². The molecule has 1 fully saturated rings. The van der Waals surface area contributed by atoms with E-state index in [1.54, 1.807) is 11.3 Å². The molecule has 3 aromatic rings. The Morgan fingerprint density at radius 3 is 2.59 bits per heavy atom. The summed E-state index contributed by atoms with van der Waals surface area (Å²) in [6.07, 6.45) is -2.38. The van der Waals surface area contributed by atoms with Gasteiger partial charge in [-0.1, -0.05) is 6.92 Å². The number of piperazine rings is 1. The maximum atomic E-state index is 13.2. The van der Waals surface area contributed by atoms with Crippen LogP contribution in [0.25, 0.3) is 5.78 Å². The largest absolute Gasteiger partial charge is 0.433 e. The number of alkyl halides is 3. The summed E-state index contributed by atoms with van der Waals surface area (Å²) in [5.41, 5.74) is 0.0993. The molecule has 0 unspecified atom stereocenters. The fourth-order valence-electron chi connectivity index (χ4n) is 3.12. The molecule has 1 saturated heterocycles. The number of thiazole rings is 1. The van der Waals surface area contributed by atoms with E-state index in [1.165, 1.54) is 10.8 Å². The summed E-state index contributed by atoms with van der Waals surface area (Å²) in [4.78, 5) is 16.1. The van der Waals surface area contributed by atoms with Crippen molar-refractivity contribution < 1.29 is 13.2 Å². The van der Waals surface area contributed by atoms with Gasteiger partial charge < -0.3 is 4.90 Å². The van der Waals surface area contributed by atoms with E-state index in [0.29, 0.717) is 18.9 Å². The molecular weight excluding hydrogens is 379 g/mol. The summed E-state index contributed by atoms with van der Waals surface area (Å²) in [6, 6.07) is 1.05. The minimum Gasteiger partial charge on any atom is -0.354 e. The highest BCUT2D eigenvalue weighted by atomic mass is 32.1. The smallest absolute Gasteiger partial charge is 0.354 e. The summed E-state index contributed by atoms with van der Waals surface area (Å²) in [7, 11) is 0. The van der Waals surface area contributed by atoms with Crippen molar-refractivity contribution in [3.05, 3.63) is 34.2 Å². The lowest BCUT2D eigenvalue weighted by atomic mass is 10.2. The Labute approximate surface area is 157 Å². The van der Waals surface area contributed by atoms with Crippen LogP contribution < -0.4 is 4.90 Å². The normalized spacial score (nSPS) is 16.4. The van der Waals surface area contributed by atoms with Crippen molar-refractivity contribution in [2.24, 2.45) is 0 Å². The summed E-state index contributed by atoms with van der Waals surface area (Å²) >= 11 is 1.66. The third-order valence-electron chi connectivity index (χ3n) is 4.51. The van der Waals surface area contributed by atoms with Gasteiger partial charge in [0.15, 0.2) is 5.69 Å². The summed E-state index contributed by atoms with van der Waals surface area (Å²) in [6.45, 7) is 5.50. The standard InChI is InChI=1S/C16H18F3N7S/c1-2-13-22-11(9-27-13)8-24-3-5-25(6-4-24)14-7-12(16(17,18)19)23-15-20-10-21-26(14)15/h7,9-10H,2-6,8H2,1H3. The highest BCUT2D eigenvalue weighted by molar-refractivity contribution is 7.09. The van der Waals surface area contributed by atoms with Gasteiger partial charge >= 0.3 is 6.18 Å². The van der Waals surface area contributed by atoms with Crippen LogP contribution in [0.5, 0.6) is 0 Å². The molecule has 0 amide bonds. The molecule has 4 heterocycles. The molecule has 0 N–H and O–H groups in total. The van der Waals surface area contributed by atoms with Crippen LogP contribution in [0.1, 0.15) is 23.3 Å². The van der Waals surface area contributed by atoms with Crippen molar-refractivity contribution in [1.29, 1.82) is 0 Å². The molecule has 3 aromatic heterocycles. The van der Waals surface area contributed by atoms with Crippen molar-refractivity contribution in [3.8, 4) is 0 Å². The molecule has 4 rings (SSSR count). The first-order valence-corrected chi connectivity index (χ1v) is 9.50. The zero-order valence-electron chi connectivity index (χ0n) is 14.6. The van der Waals surface area contributed by atoms with Gasteiger partial charge in [-0.2, -0.15) is 27.8 Å². The molecule has 1 aliphatic rings. The Bertz CT molecular complexity index is 928. The lowest BCUT2D eigenvalue weighted by Gasteiger charge is -2.35. The van der Waals surface area contributed by atoms with Gasteiger partial charge in [0.1, 0.15) is 12.1 Å². The monoisotopic (exact) mass is 397 g/mol. The zero-order valence-corrected chi connectivity index (χ0v) is 15.5. The van der Waals surface area contributed by atoms with E-state index in [-0.39, 0.29) is 5.78 Å². The Hall–Kier alpha value is -2.27. The molecule has 0 saturated carbocycles. The molecule has 0 radical (unpaired) electrons. The molecule has 0 atom stereocenters. The van der Waals surface area contributed by atoms with E-state index in [1.807, 2.05) is 4.90 Å². The first kappa shape index (κ1) is 18.1. The van der Waals surface area contributed by atoms with Crippen LogP contribution in [-0.4, -0.2) is 55.6 Å². The lowest BCUT2D eigenvalue weighted by molar-refractivity contribution is -0.141. The predicted octanol–water partition coefficient (Wildman–Crippen LogP) is 2.48. The van der Waals surface area contributed by atoms with Crippen LogP contribution in [0.15, 0.2) is 17.8 Å². The average Bonchev–Trinajstić information content (AvgIpc) is 3.29. The third kappa shape index (κ3) is 3.74. The zero-order chi connectivity index (χ0) is 19.0. The van der Waals surface area contributed by atoms with Gasteiger partial charge in [0.05, 0.1) is 10.7 Å². The van der Waals surface area contributed by atoms with Crippen LogP contribution in [0.2, 0.25) is 0 Å². The maximum absolute atomic E-state index is 13.2. The second kappa shape index (κ2) is 7.04. The van der Waals surface area contributed by atoms with E-state index < -0.39 is 11.9 Å². The van der Waals surface area contributed by atoms with Crippen molar-refractivity contribution in [2.45, 2.75) is 26.1 Å². The maximum Gasteiger partial charge on any atom is 0.433 e. The molecule has 144 valence electrons. The lowest BCUT2D eigenvalue weighted by Crippen LogP contribution is -2.46. The Balaban J connectivity index is 1.50. The highest BCUT2D eigenvalue weighted by Crippen LogP contribution is 2.31. The fourth-order valence-corrected chi connectivity index (χ4v) is 3.85. The molecule has 0 bridgehead atoms. The van der Waals surface area contributed by atoms with Gasteiger partial charge in [-0.25, -0.2) is 9.97 Å². The Morgan fingerprint density at radius 2 is 1.93 bits per heavy atom. The fraction of sp³-hybridized carbons (Fsp3) is 0.500. The van der Waals surface area contributed by atoms with E-state index in [2.05, 4.69) is 37.3 Å². The molecule has 0 spiro atoms. The number of fused-ring (bicyclic) bond motifs is 1. The molecule has 0 aliphatic carbocycles. The molecule has 0 aromatic carbocycles. The van der Waals surface area contributed by atoms with Gasteiger partial charge in [-0.3, -0.25) is 4.90 Å². The van der Waals surface area contributed by atoms with Gasteiger partial charge in [-0.05, 0) is 6.42 Å². The van der Waals surface area contributed by atoms with E-state index >= 15 is 0 Å². The van der Waals surface area contributed by atoms with Crippen molar-refractivity contribution in [2.75, 3.05) is 31.1 Å². The van der Waals surface area contributed by atoms with Crippen molar-refractivity contribution in [1.82, 2.24) is 29.5 Å². The molecule has 7 nitrogen and oxygen atoms in total. The number of hydrogen-bond donors (Lipinski definition) is 0. The molecule has 27 heavy (non-hydrogen) atoms. The molecular formula is C16H18F3N7S. The number of aryl methyl sites for hydroxylation is 1. The predicted molar refractivity (Wildman–Crippen MR) is 94.8 cm³/mol. The Kier molecular flexibility index (Phi) is 4.72. The summed E-state index contributed by atoms with van der Waals surface area (Å²) < 4.78 is 40.8.